The Morgan fingerprint density at radius 3 is 1.97 bits per heavy atom. The van der Waals surface area contributed by atoms with Gasteiger partial charge in [0, 0.05) is 0 Å². The third-order valence-electron chi connectivity index (χ3n) is 4.41. The molecule has 0 spiro atoms. The van der Waals surface area contributed by atoms with Crippen LogP contribution in [-0.2, 0) is 14.8 Å². The van der Waals surface area contributed by atoms with Crippen LogP contribution in [0.15, 0.2) is 89.8 Å². The minimum atomic E-state index is -4.07. The van der Waals surface area contributed by atoms with Gasteiger partial charge in [-0.15, -0.1) is 0 Å². The van der Waals surface area contributed by atoms with E-state index in [1.807, 2.05) is 12.1 Å². The van der Waals surface area contributed by atoms with E-state index in [-0.39, 0.29) is 10.6 Å². The second kappa shape index (κ2) is 8.92. The van der Waals surface area contributed by atoms with E-state index in [4.69, 9.17) is 4.74 Å². The largest absolute Gasteiger partial charge is 0.484 e. The fraction of sp³-hybridized carbons (Fsp3) is 0.174. The molecule has 0 atom stereocenters. The smallest absolute Gasteiger partial charge is 0.278 e. The molecule has 6 heteroatoms. The Labute approximate surface area is 171 Å². The van der Waals surface area contributed by atoms with Crippen molar-refractivity contribution in [2.24, 2.45) is 0 Å². The maximum atomic E-state index is 13.2. The molecule has 0 heterocycles. The van der Waals surface area contributed by atoms with Crippen LogP contribution in [0.1, 0.15) is 25.3 Å². The van der Waals surface area contributed by atoms with Gasteiger partial charge in [0.15, 0.2) is 6.61 Å². The highest BCUT2D eigenvalue weighted by Gasteiger charge is 2.31. The second-order valence-corrected chi connectivity index (χ2v) is 8.61. The fourth-order valence-corrected chi connectivity index (χ4v) is 4.26. The molecule has 0 saturated heterocycles. The van der Waals surface area contributed by atoms with Crippen molar-refractivity contribution in [2.45, 2.75) is 24.7 Å². The van der Waals surface area contributed by atoms with Gasteiger partial charge in [0.25, 0.3) is 15.9 Å². The third-order valence-corrected chi connectivity index (χ3v) is 6.17. The summed E-state index contributed by atoms with van der Waals surface area (Å²) in [7, 11) is -4.07. The van der Waals surface area contributed by atoms with Crippen LogP contribution in [0.3, 0.4) is 0 Å². The molecule has 0 fully saturated rings. The number of amides is 1. The number of carbonyl (C=O) groups is 1. The van der Waals surface area contributed by atoms with Crippen LogP contribution in [0.5, 0.6) is 5.75 Å². The van der Waals surface area contributed by atoms with Crippen molar-refractivity contribution >= 4 is 21.6 Å². The Morgan fingerprint density at radius 2 is 1.41 bits per heavy atom. The number of benzene rings is 3. The topological polar surface area (TPSA) is 63.7 Å². The summed E-state index contributed by atoms with van der Waals surface area (Å²) in [6, 6.07) is 23.6. The Hall–Kier alpha value is -3.12. The van der Waals surface area contributed by atoms with Crippen LogP contribution in [0.4, 0.5) is 5.69 Å². The number of sulfonamides is 1. The van der Waals surface area contributed by atoms with Crippen molar-refractivity contribution in [3.8, 4) is 5.75 Å². The maximum Gasteiger partial charge on any atom is 0.278 e. The molecular formula is C23H23NO4S. The van der Waals surface area contributed by atoms with Gasteiger partial charge in [-0.1, -0.05) is 62.4 Å². The first kappa shape index (κ1) is 20.6. The van der Waals surface area contributed by atoms with Gasteiger partial charge < -0.3 is 4.74 Å². The van der Waals surface area contributed by atoms with Crippen LogP contribution >= 0.6 is 0 Å². The summed E-state index contributed by atoms with van der Waals surface area (Å²) in [5.41, 5.74) is 1.42. The molecule has 0 aliphatic rings. The summed E-state index contributed by atoms with van der Waals surface area (Å²) < 4.78 is 32.7. The molecule has 29 heavy (non-hydrogen) atoms. The van der Waals surface area contributed by atoms with Crippen molar-refractivity contribution < 1.29 is 17.9 Å². The highest BCUT2D eigenvalue weighted by atomic mass is 32.2. The summed E-state index contributed by atoms with van der Waals surface area (Å²) in [6.45, 7) is 3.78. The lowest BCUT2D eigenvalue weighted by Crippen LogP contribution is -2.40. The SMILES string of the molecule is CC(C)c1ccc(OCC(=O)N(c2ccccc2)S(=O)(=O)c2ccccc2)cc1. The van der Waals surface area contributed by atoms with Gasteiger partial charge in [-0.2, -0.15) is 4.31 Å². The van der Waals surface area contributed by atoms with E-state index < -0.39 is 22.5 Å². The normalized spacial score (nSPS) is 11.3. The van der Waals surface area contributed by atoms with Crippen molar-refractivity contribution in [2.75, 3.05) is 10.9 Å². The zero-order valence-electron chi connectivity index (χ0n) is 16.4. The number of ether oxygens (including phenoxy) is 1. The number of hydrogen-bond donors (Lipinski definition) is 0. The summed E-state index contributed by atoms with van der Waals surface area (Å²) in [5, 5.41) is 0. The van der Waals surface area contributed by atoms with E-state index in [9.17, 15) is 13.2 Å². The quantitative estimate of drug-likeness (QED) is 0.572. The van der Waals surface area contributed by atoms with Crippen LogP contribution in [0, 0.1) is 0 Å². The molecule has 0 saturated carbocycles. The molecule has 0 aliphatic heterocycles. The Bertz CT molecular complexity index is 1050. The van der Waals surface area contributed by atoms with Gasteiger partial charge in [-0.05, 0) is 47.9 Å². The zero-order chi connectivity index (χ0) is 20.9. The highest BCUT2D eigenvalue weighted by Crippen LogP contribution is 2.24. The minimum Gasteiger partial charge on any atom is -0.484 e. The second-order valence-electron chi connectivity index (χ2n) is 6.82. The van der Waals surface area contributed by atoms with Crippen LogP contribution in [0.2, 0.25) is 0 Å². The van der Waals surface area contributed by atoms with E-state index in [1.54, 1.807) is 60.7 Å². The zero-order valence-corrected chi connectivity index (χ0v) is 17.2. The van der Waals surface area contributed by atoms with Gasteiger partial charge in [0.05, 0.1) is 10.6 Å². The molecule has 3 aromatic rings. The molecular weight excluding hydrogens is 386 g/mol. The Kier molecular flexibility index (Phi) is 6.34. The molecule has 150 valence electrons. The van der Waals surface area contributed by atoms with E-state index in [0.717, 1.165) is 9.87 Å². The molecule has 0 N–H and O–H groups in total. The number of anilines is 1. The summed E-state index contributed by atoms with van der Waals surface area (Å²) >= 11 is 0. The van der Waals surface area contributed by atoms with Crippen LogP contribution in [-0.4, -0.2) is 20.9 Å². The van der Waals surface area contributed by atoms with Crippen molar-refractivity contribution in [3.63, 3.8) is 0 Å². The van der Waals surface area contributed by atoms with E-state index in [0.29, 0.717) is 11.7 Å². The summed E-state index contributed by atoms with van der Waals surface area (Å²) in [6.07, 6.45) is 0. The summed E-state index contributed by atoms with van der Waals surface area (Å²) in [5.74, 6) is 0.219. The summed E-state index contributed by atoms with van der Waals surface area (Å²) in [4.78, 5) is 13.0. The van der Waals surface area contributed by atoms with Gasteiger partial charge in [-0.3, -0.25) is 4.79 Å². The van der Waals surface area contributed by atoms with E-state index >= 15 is 0 Å². The van der Waals surface area contributed by atoms with Crippen molar-refractivity contribution in [1.82, 2.24) is 0 Å². The molecule has 1 amide bonds. The molecule has 0 aliphatic carbocycles. The minimum absolute atomic E-state index is 0.0403. The first-order valence-electron chi connectivity index (χ1n) is 9.30. The number of nitrogens with zero attached hydrogens (tertiary/aromatic N) is 1. The lowest BCUT2D eigenvalue weighted by molar-refractivity contribution is -0.119. The van der Waals surface area contributed by atoms with E-state index in [1.165, 1.54) is 12.1 Å². The van der Waals surface area contributed by atoms with Crippen molar-refractivity contribution in [3.05, 3.63) is 90.5 Å². The lowest BCUT2D eigenvalue weighted by atomic mass is 10.0. The predicted octanol–water partition coefficient (Wildman–Crippen LogP) is 4.61. The average molecular weight is 410 g/mol. The average Bonchev–Trinajstić information content (AvgIpc) is 2.74. The number of hydrogen-bond acceptors (Lipinski definition) is 4. The maximum absolute atomic E-state index is 13.2. The van der Waals surface area contributed by atoms with Crippen LogP contribution < -0.4 is 9.04 Å². The molecule has 0 radical (unpaired) electrons. The van der Waals surface area contributed by atoms with Gasteiger partial charge in [-0.25, -0.2) is 8.42 Å². The highest BCUT2D eigenvalue weighted by molar-refractivity contribution is 7.93. The first-order chi connectivity index (χ1) is 13.9. The predicted molar refractivity (Wildman–Crippen MR) is 114 cm³/mol. The van der Waals surface area contributed by atoms with Crippen LogP contribution in [0.25, 0.3) is 0 Å². The number of carbonyl (C=O) groups excluding carboxylic acids is 1. The molecule has 3 rings (SSSR count). The van der Waals surface area contributed by atoms with Crippen molar-refractivity contribution in [1.29, 1.82) is 0 Å². The third kappa shape index (κ3) is 4.84. The van der Waals surface area contributed by atoms with Gasteiger partial charge in [0.1, 0.15) is 5.75 Å². The Balaban J connectivity index is 1.86. The molecule has 0 bridgehead atoms. The molecule has 0 aromatic heterocycles. The number of para-hydroxylation sites is 1. The van der Waals surface area contributed by atoms with Gasteiger partial charge >= 0.3 is 0 Å². The Morgan fingerprint density at radius 1 is 0.862 bits per heavy atom. The fourth-order valence-electron chi connectivity index (χ4n) is 2.83. The van der Waals surface area contributed by atoms with Gasteiger partial charge in [0.2, 0.25) is 0 Å². The monoisotopic (exact) mass is 409 g/mol. The standard InChI is InChI=1S/C23H23NO4S/c1-18(2)19-13-15-21(16-14-19)28-17-23(25)24(20-9-5-3-6-10-20)29(26,27)22-11-7-4-8-12-22/h3-16,18H,17H2,1-2H3. The lowest BCUT2D eigenvalue weighted by Gasteiger charge is -2.22. The van der Waals surface area contributed by atoms with E-state index in [2.05, 4.69) is 13.8 Å². The molecule has 3 aromatic carbocycles. The first-order valence-corrected chi connectivity index (χ1v) is 10.7. The molecule has 5 nitrogen and oxygen atoms in total. The number of rotatable bonds is 7. The molecule has 0 unspecified atom stereocenters.